The minimum absolute atomic E-state index is 0.0356. The van der Waals surface area contributed by atoms with Crippen molar-refractivity contribution in [2.75, 3.05) is 11.2 Å². The lowest BCUT2D eigenvalue weighted by atomic mass is 10.1. The average molecular weight is 293 g/mol. The number of carbonyl (C=O) groups is 1. The third-order valence-corrected chi connectivity index (χ3v) is 5.05. The van der Waals surface area contributed by atoms with Crippen LogP contribution in [-0.2, 0) is 0 Å². The number of rotatable bonds is 5. The maximum atomic E-state index is 12.4. The van der Waals surface area contributed by atoms with Crippen molar-refractivity contribution < 1.29 is 4.79 Å². The van der Waals surface area contributed by atoms with Crippen molar-refractivity contribution in [2.24, 2.45) is 5.84 Å². The fraction of sp³-hybridized carbons (Fsp3) is 0.533. The van der Waals surface area contributed by atoms with E-state index >= 15 is 0 Å². The van der Waals surface area contributed by atoms with Crippen LogP contribution in [0.2, 0.25) is 0 Å². The van der Waals surface area contributed by atoms with Crippen molar-refractivity contribution >= 4 is 23.4 Å². The Morgan fingerprint density at radius 1 is 1.45 bits per heavy atom. The fourth-order valence-corrected chi connectivity index (χ4v) is 3.92. The molecule has 0 radical (unpaired) electrons. The van der Waals surface area contributed by atoms with Crippen molar-refractivity contribution in [1.29, 1.82) is 0 Å². The monoisotopic (exact) mass is 293 g/mol. The predicted molar refractivity (Wildman–Crippen MR) is 86.0 cm³/mol. The maximum Gasteiger partial charge on any atom is 0.253 e. The number of nitrogens with one attached hydrogen (secondary N) is 2. The van der Waals surface area contributed by atoms with E-state index in [2.05, 4.69) is 17.7 Å². The second-order valence-electron chi connectivity index (χ2n) is 5.20. The van der Waals surface area contributed by atoms with Gasteiger partial charge >= 0.3 is 0 Å². The molecule has 110 valence electrons. The molecular formula is C15H23N3OS. The summed E-state index contributed by atoms with van der Waals surface area (Å²) in [4.78, 5) is 12.4. The van der Waals surface area contributed by atoms with Crippen LogP contribution in [0.15, 0.2) is 18.2 Å². The summed E-state index contributed by atoms with van der Waals surface area (Å²) in [6, 6.07) is 5.93. The predicted octanol–water partition coefficient (Wildman–Crippen LogP) is 2.68. The van der Waals surface area contributed by atoms with Crippen molar-refractivity contribution in [3.05, 3.63) is 29.3 Å². The molecule has 4 nitrogen and oxygen atoms in total. The minimum atomic E-state index is -0.0356. The van der Waals surface area contributed by atoms with E-state index < -0.39 is 0 Å². The van der Waals surface area contributed by atoms with Crippen LogP contribution in [0.4, 0.5) is 5.69 Å². The standard InChI is InChI=1S/C15H23N3OS/c1-3-20-14-6-4-5-12(14)17-15(19)11-8-7-10(2)9-13(11)18-16/h7-9,12,14,18H,3-6,16H2,1-2H3,(H,17,19). The van der Waals surface area contributed by atoms with Gasteiger partial charge in [0, 0.05) is 11.3 Å². The maximum absolute atomic E-state index is 12.4. The van der Waals surface area contributed by atoms with E-state index in [0.717, 1.165) is 17.7 Å². The number of hydrogen-bond donors (Lipinski definition) is 3. The van der Waals surface area contributed by atoms with Gasteiger partial charge in [0.25, 0.3) is 5.91 Å². The summed E-state index contributed by atoms with van der Waals surface area (Å²) in [5.74, 6) is 6.57. The van der Waals surface area contributed by atoms with Crippen molar-refractivity contribution in [1.82, 2.24) is 5.32 Å². The first-order valence-electron chi connectivity index (χ1n) is 7.15. The molecule has 0 bridgehead atoms. The number of carbonyl (C=O) groups excluding carboxylic acids is 1. The number of aryl methyl sites for hydroxylation is 1. The summed E-state index contributed by atoms with van der Waals surface area (Å²) < 4.78 is 0. The largest absolute Gasteiger partial charge is 0.348 e. The van der Waals surface area contributed by atoms with Gasteiger partial charge < -0.3 is 10.7 Å². The van der Waals surface area contributed by atoms with E-state index in [1.165, 1.54) is 12.8 Å². The molecule has 2 rings (SSSR count). The van der Waals surface area contributed by atoms with Crippen LogP contribution in [0, 0.1) is 6.92 Å². The van der Waals surface area contributed by atoms with E-state index in [-0.39, 0.29) is 11.9 Å². The number of hydrazine groups is 1. The highest BCUT2D eigenvalue weighted by Gasteiger charge is 2.29. The molecule has 0 spiro atoms. The molecule has 5 heteroatoms. The van der Waals surface area contributed by atoms with Gasteiger partial charge in [-0.05, 0) is 43.2 Å². The van der Waals surface area contributed by atoms with Gasteiger partial charge in [-0.2, -0.15) is 11.8 Å². The van der Waals surface area contributed by atoms with Gasteiger partial charge in [-0.25, -0.2) is 0 Å². The van der Waals surface area contributed by atoms with Crippen LogP contribution >= 0.6 is 11.8 Å². The average Bonchev–Trinajstić information content (AvgIpc) is 2.86. The number of thioether (sulfide) groups is 1. The van der Waals surface area contributed by atoms with Gasteiger partial charge in [0.1, 0.15) is 0 Å². The molecule has 4 N–H and O–H groups in total. The first-order valence-corrected chi connectivity index (χ1v) is 8.20. The second kappa shape index (κ2) is 6.99. The summed E-state index contributed by atoms with van der Waals surface area (Å²) in [6.07, 6.45) is 3.46. The normalized spacial score (nSPS) is 21.8. The summed E-state index contributed by atoms with van der Waals surface area (Å²) in [5, 5.41) is 3.71. The molecule has 1 aromatic rings. The Balaban J connectivity index is 2.08. The lowest BCUT2D eigenvalue weighted by Gasteiger charge is -2.21. The number of benzene rings is 1. The molecule has 0 aliphatic heterocycles. The molecular weight excluding hydrogens is 270 g/mol. The van der Waals surface area contributed by atoms with Crippen LogP contribution in [0.3, 0.4) is 0 Å². The van der Waals surface area contributed by atoms with Gasteiger partial charge in [0.05, 0.1) is 11.3 Å². The Hall–Kier alpha value is -1.20. The van der Waals surface area contributed by atoms with Crippen molar-refractivity contribution in [2.45, 2.75) is 44.4 Å². The third kappa shape index (κ3) is 3.46. The van der Waals surface area contributed by atoms with E-state index in [9.17, 15) is 4.79 Å². The first kappa shape index (κ1) is 15.2. The zero-order valence-corrected chi connectivity index (χ0v) is 12.9. The van der Waals surface area contributed by atoms with Crippen LogP contribution < -0.4 is 16.6 Å². The number of amides is 1. The molecule has 1 fully saturated rings. The Kier molecular flexibility index (Phi) is 5.31. The number of hydrogen-bond acceptors (Lipinski definition) is 4. The molecule has 1 aliphatic rings. The fourth-order valence-electron chi connectivity index (χ4n) is 2.73. The smallest absolute Gasteiger partial charge is 0.253 e. The van der Waals surface area contributed by atoms with Gasteiger partial charge in [-0.3, -0.25) is 10.6 Å². The Bertz CT molecular complexity index is 478. The topological polar surface area (TPSA) is 67.2 Å². The lowest BCUT2D eigenvalue weighted by molar-refractivity contribution is 0.0939. The highest BCUT2D eigenvalue weighted by molar-refractivity contribution is 7.99. The number of nitrogen functional groups attached to an aromatic ring is 1. The van der Waals surface area contributed by atoms with Crippen LogP contribution in [0.5, 0.6) is 0 Å². The molecule has 1 aromatic carbocycles. The number of anilines is 1. The molecule has 1 saturated carbocycles. The molecule has 1 aliphatic carbocycles. The molecule has 20 heavy (non-hydrogen) atoms. The quantitative estimate of drug-likeness (QED) is 0.577. The zero-order chi connectivity index (χ0) is 14.5. The van der Waals surface area contributed by atoms with E-state index in [1.807, 2.05) is 36.9 Å². The summed E-state index contributed by atoms with van der Waals surface area (Å²) in [7, 11) is 0. The second-order valence-corrected chi connectivity index (χ2v) is 6.71. The minimum Gasteiger partial charge on any atom is -0.348 e. The molecule has 1 amide bonds. The van der Waals surface area contributed by atoms with Gasteiger partial charge in [-0.15, -0.1) is 0 Å². The molecule has 2 unspecified atom stereocenters. The van der Waals surface area contributed by atoms with E-state index in [0.29, 0.717) is 16.5 Å². The summed E-state index contributed by atoms with van der Waals surface area (Å²) >= 11 is 1.94. The Morgan fingerprint density at radius 3 is 2.95 bits per heavy atom. The number of nitrogens with two attached hydrogens (primary N) is 1. The lowest BCUT2D eigenvalue weighted by Crippen LogP contribution is -2.39. The summed E-state index contributed by atoms with van der Waals surface area (Å²) in [5.41, 5.74) is 4.99. The van der Waals surface area contributed by atoms with Crippen LogP contribution in [-0.4, -0.2) is 23.0 Å². The van der Waals surface area contributed by atoms with Crippen LogP contribution in [0.25, 0.3) is 0 Å². The molecule has 0 aromatic heterocycles. The van der Waals surface area contributed by atoms with Crippen LogP contribution in [0.1, 0.15) is 42.1 Å². The third-order valence-electron chi connectivity index (χ3n) is 3.72. The van der Waals surface area contributed by atoms with Crippen molar-refractivity contribution in [3.8, 4) is 0 Å². The molecule has 0 heterocycles. The SMILES string of the molecule is CCSC1CCCC1NC(=O)c1ccc(C)cc1NN. The van der Waals surface area contributed by atoms with Gasteiger partial charge in [0.15, 0.2) is 0 Å². The van der Waals surface area contributed by atoms with Gasteiger partial charge in [0.2, 0.25) is 0 Å². The summed E-state index contributed by atoms with van der Waals surface area (Å²) in [6.45, 7) is 4.14. The van der Waals surface area contributed by atoms with E-state index in [4.69, 9.17) is 5.84 Å². The van der Waals surface area contributed by atoms with Crippen molar-refractivity contribution in [3.63, 3.8) is 0 Å². The Labute approximate surface area is 124 Å². The highest BCUT2D eigenvalue weighted by Crippen LogP contribution is 2.30. The van der Waals surface area contributed by atoms with Gasteiger partial charge in [-0.1, -0.05) is 19.4 Å². The van der Waals surface area contributed by atoms with E-state index in [1.54, 1.807) is 0 Å². The first-order chi connectivity index (χ1) is 9.65. The zero-order valence-electron chi connectivity index (χ0n) is 12.1. The highest BCUT2D eigenvalue weighted by atomic mass is 32.2. The molecule has 2 atom stereocenters. The Morgan fingerprint density at radius 2 is 2.25 bits per heavy atom. The molecule has 0 saturated heterocycles.